The van der Waals surface area contributed by atoms with Crippen LogP contribution in [-0.4, -0.2) is 26.2 Å². The molecule has 1 heterocycles. The van der Waals surface area contributed by atoms with Crippen LogP contribution in [0.2, 0.25) is 0 Å². The van der Waals surface area contributed by atoms with E-state index < -0.39 is 0 Å². The Morgan fingerprint density at radius 3 is 3.07 bits per heavy atom. The second kappa shape index (κ2) is 4.45. The Labute approximate surface area is 89.4 Å². The molecule has 0 saturated carbocycles. The summed E-state index contributed by atoms with van der Waals surface area (Å²) in [6, 6.07) is 7.71. The Morgan fingerprint density at radius 2 is 2.40 bits per heavy atom. The number of hydrogen-bond acceptors (Lipinski definition) is 3. The lowest BCUT2D eigenvalue weighted by atomic mass is 9.97. The molecule has 15 heavy (non-hydrogen) atoms. The summed E-state index contributed by atoms with van der Waals surface area (Å²) >= 11 is 0. The molecule has 1 aliphatic heterocycles. The number of methoxy groups -OCH3 is 1. The zero-order valence-electron chi connectivity index (χ0n) is 8.82. The maximum atomic E-state index is 11.3. The van der Waals surface area contributed by atoms with Crippen LogP contribution in [0.1, 0.15) is 28.3 Å². The maximum Gasteiger partial charge on any atom is 0.337 e. The normalized spacial score (nSPS) is 20.2. The minimum Gasteiger partial charge on any atom is -0.465 e. The summed E-state index contributed by atoms with van der Waals surface area (Å²) < 4.78 is 4.70. The number of hydrogen-bond donors (Lipinski definition) is 1. The minimum atomic E-state index is -0.261. The van der Waals surface area contributed by atoms with Crippen molar-refractivity contribution in [3.8, 4) is 0 Å². The third-order valence-electron chi connectivity index (χ3n) is 2.84. The van der Waals surface area contributed by atoms with E-state index in [2.05, 4.69) is 11.4 Å². The Morgan fingerprint density at radius 1 is 1.53 bits per heavy atom. The molecule has 0 aromatic heterocycles. The molecule has 1 aliphatic rings. The van der Waals surface area contributed by atoms with E-state index in [4.69, 9.17) is 4.74 Å². The molecule has 0 unspecified atom stereocenters. The number of carbonyl (C=O) groups is 1. The number of rotatable bonds is 2. The van der Waals surface area contributed by atoms with Gasteiger partial charge in [0.05, 0.1) is 12.7 Å². The van der Waals surface area contributed by atoms with Crippen LogP contribution in [0.5, 0.6) is 0 Å². The van der Waals surface area contributed by atoms with E-state index in [0.29, 0.717) is 11.5 Å². The van der Waals surface area contributed by atoms with Gasteiger partial charge in [-0.2, -0.15) is 0 Å². The van der Waals surface area contributed by atoms with Gasteiger partial charge in [-0.05, 0) is 36.6 Å². The Bertz CT molecular complexity index is 356. The summed E-state index contributed by atoms with van der Waals surface area (Å²) in [5.74, 6) is 0.275. The van der Waals surface area contributed by atoms with Crippen LogP contribution in [-0.2, 0) is 4.74 Å². The van der Waals surface area contributed by atoms with Gasteiger partial charge in [-0.3, -0.25) is 0 Å². The summed E-state index contributed by atoms with van der Waals surface area (Å²) in [6.45, 7) is 2.07. The van der Waals surface area contributed by atoms with Crippen LogP contribution < -0.4 is 5.32 Å². The smallest absolute Gasteiger partial charge is 0.337 e. The van der Waals surface area contributed by atoms with E-state index in [1.165, 1.54) is 12.7 Å². The second-order valence-corrected chi connectivity index (χ2v) is 3.81. The van der Waals surface area contributed by atoms with Gasteiger partial charge in [0, 0.05) is 6.54 Å². The molecule has 3 nitrogen and oxygen atoms in total. The van der Waals surface area contributed by atoms with E-state index in [1.807, 2.05) is 12.1 Å². The first-order valence-corrected chi connectivity index (χ1v) is 5.20. The van der Waals surface area contributed by atoms with Gasteiger partial charge in [0.1, 0.15) is 0 Å². The highest BCUT2D eigenvalue weighted by molar-refractivity contribution is 5.89. The molecule has 80 valence electrons. The van der Waals surface area contributed by atoms with Crippen molar-refractivity contribution in [3.63, 3.8) is 0 Å². The Balaban J connectivity index is 2.21. The number of ether oxygens (including phenoxy) is 1. The highest BCUT2D eigenvalue weighted by atomic mass is 16.5. The second-order valence-electron chi connectivity index (χ2n) is 3.81. The molecule has 3 heteroatoms. The van der Waals surface area contributed by atoms with E-state index >= 15 is 0 Å². The molecule has 0 spiro atoms. The fourth-order valence-electron chi connectivity index (χ4n) is 1.98. The average molecular weight is 205 g/mol. The van der Waals surface area contributed by atoms with Gasteiger partial charge in [-0.25, -0.2) is 4.79 Å². The van der Waals surface area contributed by atoms with Crippen molar-refractivity contribution >= 4 is 5.97 Å². The monoisotopic (exact) mass is 205 g/mol. The number of benzene rings is 1. The number of carbonyl (C=O) groups excluding carboxylic acids is 1. The summed E-state index contributed by atoms with van der Waals surface area (Å²) in [5.41, 5.74) is 1.87. The van der Waals surface area contributed by atoms with Gasteiger partial charge in [-0.15, -0.1) is 0 Å². The third-order valence-corrected chi connectivity index (χ3v) is 2.84. The van der Waals surface area contributed by atoms with Gasteiger partial charge in [0.15, 0.2) is 0 Å². The lowest BCUT2D eigenvalue weighted by Gasteiger charge is -2.09. The van der Waals surface area contributed by atoms with Gasteiger partial charge in [0.2, 0.25) is 0 Å². The predicted octanol–water partition coefficient (Wildman–Crippen LogP) is 1.55. The van der Waals surface area contributed by atoms with Crippen molar-refractivity contribution in [1.29, 1.82) is 0 Å². The van der Waals surface area contributed by atoms with E-state index in [-0.39, 0.29) is 5.97 Å². The third kappa shape index (κ3) is 2.18. The van der Waals surface area contributed by atoms with Gasteiger partial charge in [0.25, 0.3) is 0 Å². The number of esters is 1. The first-order valence-electron chi connectivity index (χ1n) is 5.20. The molecule has 1 saturated heterocycles. The zero-order valence-corrected chi connectivity index (χ0v) is 8.82. The van der Waals surface area contributed by atoms with Gasteiger partial charge < -0.3 is 10.1 Å². The van der Waals surface area contributed by atoms with Crippen LogP contribution in [0.3, 0.4) is 0 Å². The molecule has 1 N–H and O–H groups in total. The first kappa shape index (κ1) is 10.2. The summed E-state index contributed by atoms with van der Waals surface area (Å²) in [7, 11) is 1.41. The van der Waals surface area contributed by atoms with Crippen LogP contribution in [0.4, 0.5) is 0 Å². The molecule has 0 bridgehead atoms. The minimum absolute atomic E-state index is 0.261. The van der Waals surface area contributed by atoms with Crippen LogP contribution in [0.15, 0.2) is 24.3 Å². The highest BCUT2D eigenvalue weighted by Gasteiger charge is 2.17. The molecule has 1 fully saturated rings. The first-order chi connectivity index (χ1) is 7.31. The Kier molecular flexibility index (Phi) is 3.02. The molecular formula is C12H15NO2. The molecule has 1 aromatic carbocycles. The van der Waals surface area contributed by atoms with Gasteiger partial charge in [-0.1, -0.05) is 12.1 Å². The van der Waals surface area contributed by atoms with Crippen molar-refractivity contribution in [3.05, 3.63) is 35.4 Å². The molecule has 0 aliphatic carbocycles. The quantitative estimate of drug-likeness (QED) is 0.744. The van der Waals surface area contributed by atoms with Crippen molar-refractivity contribution < 1.29 is 9.53 Å². The fraction of sp³-hybridized carbons (Fsp3) is 0.417. The molecule has 1 aromatic rings. The maximum absolute atomic E-state index is 11.3. The van der Waals surface area contributed by atoms with Crippen LogP contribution in [0, 0.1) is 0 Å². The van der Waals surface area contributed by atoms with Gasteiger partial charge >= 0.3 is 5.97 Å². The van der Waals surface area contributed by atoms with Crippen molar-refractivity contribution in [1.82, 2.24) is 5.32 Å². The topological polar surface area (TPSA) is 38.3 Å². The Hall–Kier alpha value is -1.35. The van der Waals surface area contributed by atoms with E-state index in [1.54, 1.807) is 6.07 Å². The van der Waals surface area contributed by atoms with Crippen molar-refractivity contribution in [2.75, 3.05) is 20.2 Å². The standard InChI is InChI=1S/C12H15NO2/c1-15-12(14)10-4-2-3-9(7-10)11-5-6-13-8-11/h2-4,7,11,13H,5-6,8H2,1H3/t11-/m1/s1. The highest BCUT2D eigenvalue weighted by Crippen LogP contribution is 2.23. The molecule has 1 atom stereocenters. The van der Waals surface area contributed by atoms with Crippen molar-refractivity contribution in [2.24, 2.45) is 0 Å². The summed E-state index contributed by atoms with van der Waals surface area (Å²) in [5, 5.41) is 3.32. The fourth-order valence-corrected chi connectivity index (χ4v) is 1.98. The van der Waals surface area contributed by atoms with Crippen LogP contribution >= 0.6 is 0 Å². The summed E-state index contributed by atoms with van der Waals surface area (Å²) in [4.78, 5) is 11.3. The number of nitrogens with one attached hydrogen (secondary N) is 1. The molecule has 2 rings (SSSR count). The van der Waals surface area contributed by atoms with Crippen LogP contribution in [0.25, 0.3) is 0 Å². The van der Waals surface area contributed by atoms with E-state index in [0.717, 1.165) is 19.5 Å². The molecule has 0 radical (unpaired) electrons. The lowest BCUT2D eigenvalue weighted by molar-refractivity contribution is 0.0600. The predicted molar refractivity (Wildman–Crippen MR) is 58.0 cm³/mol. The average Bonchev–Trinajstić information content (AvgIpc) is 2.82. The molecular weight excluding hydrogens is 190 g/mol. The lowest BCUT2D eigenvalue weighted by Crippen LogP contribution is -2.08. The zero-order chi connectivity index (χ0) is 10.7. The molecule has 0 amide bonds. The summed E-state index contributed by atoms with van der Waals surface area (Å²) in [6.07, 6.45) is 1.14. The van der Waals surface area contributed by atoms with E-state index in [9.17, 15) is 4.79 Å². The van der Waals surface area contributed by atoms with Crippen molar-refractivity contribution in [2.45, 2.75) is 12.3 Å². The largest absolute Gasteiger partial charge is 0.465 e. The SMILES string of the molecule is COC(=O)c1cccc([C@@H]2CCNC2)c1.